The standard InChI is InChI=1S/C23H20BrClN2O3/c1-2-29-21-12-17(14-26-27-23(28)18-9-6-10-19(24)13-18)11-20(25)22(21)30-15-16-7-4-3-5-8-16/h3-14H,2,15H2,1H3,(H,27,28)/b26-14-. The average Bonchev–Trinajstić information content (AvgIpc) is 2.74. The molecule has 5 nitrogen and oxygen atoms in total. The lowest BCUT2D eigenvalue weighted by Crippen LogP contribution is -2.17. The molecule has 0 atom stereocenters. The van der Waals surface area contributed by atoms with Crippen LogP contribution in [0, 0.1) is 0 Å². The molecule has 3 aromatic rings. The van der Waals surface area contributed by atoms with Crippen LogP contribution in [0.3, 0.4) is 0 Å². The molecule has 1 N–H and O–H groups in total. The van der Waals surface area contributed by atoms with Gasteiger partial charge in [-0.15, -0.1) is 0 Å². The molecule has 0 aliphatic heterocycles. The second-order valence-electron chi connectivity index (χ2n) is 6.25. The number of hydrogen-bond acceptors (Lipinski definition) is 4. The number of nitrogens with one attached hydrogen (secondary N) is 1. The molecular formula is C23H20BrClN2O3. The van der Waals surface area contributed by atoms with Crippen LogP contribution in [0.25, 0.3) is 0 Å². The van der Waals surface area contributed by atoms with E-state index in [2.05, 4.69) is 26.5 Å². The van der Waals surface area contributed by atoms with Crippen molar-refractivity contribution in [1.29, 1.82) is 0 Å². The van der Waals surface area contributed by atoms with Gasteiger partial charge in [-0.25, -0.2) is 5.43 Å². The summed E-state index contributed by atoms with van der Waals surface area (Å²) in [5, 5.41) is 4.42. The SMILES string of the molecule is CCOc1cc(/C=N\NC(=O)c2cccc(Br)c2)cc(Cl)c1OCc1ccccc1. The van der Waals surface area contributed by atoms with Crippen molar-refractivity contribution < 1.29 is 14.3 Å². The first-order valence-corrected chi connectivity index (χ1v) is 10.5. The van der Waals surface area contributed by atoms with Gasteiger partial charge in [0.05, 0.1) is 17.8 Å². The summed E-state index contributed by atoms with van der Waals surface area (Å²) in [4.78, 5) is 12.2. The molecule has 0 unspecified atom stereocenters. The molecule has 0 saturated heterocycles. The van der Waals surface area contributed by atoms with Crippen LogP contribution in [0.4, 0.5) is 0 Å². The molecule has 0 heterocycles. The van der Waals surface area contributed by atoms with Crippen LogP contribution in [0.5, 0.6) is 11.5 Å². The number of ether oxygens (including phenoxy) is 2. The minimum absolute atomic E-state index is 0.313. The maximum Gasteiger partial charge on any atom is 0.271 e. The van der Waals surface area contributed by atoms with Gasteiger partial charge in [0.1, 0.15) is 6.61 Å². The zero-order chi connectivity index (χ0) is 21.3. The minimum atomic E-state index is -0.313. The van der Waals surface area contributed by atoms with Crippen molar-refractivity contribution in [1.82, 2.24) is 5.43 Å². The molecule has 30 heavy (non-hydrogen) atoms. The number of rotatable bonds is 8. The van der Waals surface area contributed by atoms with Gasteiger partial charge in [-0.3, -0.25) is 4.79 Å². The van der Waals surface area contributed by atoms with Crippen molar-refractivity contribution in [3.05, 3.63) is 92.9 Å². The Balaban J connectivity index is 1.72. The highest BCUT2D eigenvalue weighted by Gasteiger charge is 2.13. The van der Waals surface area contributed by atoms with E-state index in [1.54, 1.807) is 30.3 Å². The van der Waals surface area contributed by atoms with Crippen LogP contribution in [0.1, 0.15) is 28.4 Å². The van der Waals surface area contributed by atoms with Gasteiger partial charge in [-0.1, -0.05) is 63.9 Å². The summed E-state index contributed by atoms with van der Waals surface area (Å²) in [6.07, 6.45) is 1.51. The molecule has 0 aliphatic carbocycles. The normalized spacial score (nSPS) is 10.8. The van der Waals surface area contributed by atoms with Crippen LogP contribution in [0.2, 0.25) is 5.02 Å². The lowest BCUT2D eigenvalue weighted by molar-refractivity contribution is 0.0955. The van der Waals surface area contributed by atoms with Crippen molar-refractivity contribution in [3.8, 4) is 11.5 Å². The first-order chi connectivity index (χ1) is 14.6. The summed E-state index contributed by atoms with van der Waals surface area (Å²) in [6, 6.07) is 20.3. The summed E-state index contributed by atoms with van der Waals surface area (Å²) in [7, 11) is 0. The number of halogens is 2. The van der Waals surface area contributed by atoms with E-state index in [9.17, 15) is 4.79 Å². The van der Waals surface area contributed by atoms with Gasteiger partial charge in [0.15, 0.2) is 11.5 Å². The molecule has 7 heteroatoms. The minimum Gasteiger partial charge on any atom is -0.490 e. The van der Waals surface area contributed by atoms with Crippen LogP contribution in [-0.4, -0.2) is 18.7 Å². The maximum atomic E-state index is 12.2. The van der Waals surface area contributed by atoms with Gasteiger partial charge in [0, 0.05) is 10.0 Å². The highest BCUT2D eigenvalue weighted by atomic mass is 79.9. The molecule has 0 aromatic heterocycles. The lowest BCUT2D eigenvalue weighted by atomic mass is 10.2. The van der Waals surface area contributed by atoms with Crippen LogP contribution in [-0.2, 0) is 6.61 Å². The van der Waals surface area contributed by atoms with E-state index in [4.69, 9.17) is 21.1 Å². The first kappa shape index (κ1) is 21.9. The maximum absolute atomic E-state index is 12.2. The number of carbonyl (C=O) groups is 1. The van der Waals surface area contributed by atoms with E-state index in [0.29, 0.717) is 40.9 Å². The van der Waals surface area contributed by atoms with Crippen molar-refractivity contribution in [2.45, 2.75) is 13.5 Å². The molecular weight excluding hydrogens is 468 g/mol. The second kappa shape index (κ2) is 10.8. The number of carbonyl (C=O) groups excluding carboxylic acids is 1. The third-order valence-corrected chi connectivity index (χ3v) is 4.80. The van der Waals surface area contributed by atoms with Gasteiger partial charge >= 0.3 is 0 Å². The third-order valence-electron chi connectivity index (χ3n) is 4.02. The Morgan fingerprint density at radius 1 is 1.10 bits per heavy atom. The molecule has 0 aliphatic rings. The van der Waals surface area contributed by atoms with Crippen molar-refractivity contribution >= 4 is 39.7 Å². The van der Waals surface area contributed by atoms with Crippen LogP contribution >= 0.6 is 27.5 Å². The number of hydrazone groups is 1. The van der Waals surface area contributed by atoms with Gasteiger partial charge in [-0.05, 0) is 48.4 Å². The summed E-state index contributed by atoms with van der Waals surface area (Å²) in [6.45, 7) is 2.71. The molecule has 0 fully saturated rings. The molecule has 0 spiro atoms. The Labute approximate surface area is 188 Å². The Kier molecular flexibility index (Phi) is 7.88. The zero-order valence-corrected chi connectivity index (χ0v) is 18.6. The highest BCUT2D eigenvalue weighted by molar-refractivity contribution is 9.10. The first-order valence-electron chi connectivity index (χ1n) is 9.29. The monoisotopic (exact) mass is 486 g/mol. The fraction of sp³-hybridized carbons (Fsp3) is 0.130. The molecule has 1 amide bonds. The largest absolute Gasteiger partial charge is 0.490 e. The van der Waals surface area contributed by atoms with E-state index >= 15 is 0 Å². The summed E-state index contributed by atoms with van der Waals surface area (Å²) < 4.78 is 12.4. The molecule has 0 bridgehead atoms. The Morgan fingerprint density at radius 3 is 2.63 bits per heavy atom. The Bertz CT molecular complexity index is 1040. The van der Waals surface area contributed by atoms with Gasteiger partial charge in [0.2, 0.25) is 0 Å². The van der Waals surface area contributed by atoms with Crippen LogP contribution in [0.15, 0.2) is 76.3 Å². The Morgan fingerprint density at radius 2 is 1.90 bits per heavy atom. The molecule has 154 valence electrons. The van der Waals surface area contributed by atoms with Crippen molar-refractivity contribution in [3.63, 3.8) is 0 Å². The summed E-state index contributed by atoms with van der Waals surface area (Å²) in [5.74, 6) is 0.671. The number of benzene rings is 3. The second-order valence-corrected chi connectivity index (χ2v) is 7.57. The van der Waals surface area contributed by atoms with E-state index < -0.39 is 0 Å². The van der Waals surface area contributed by atoms with Gasteiger partial charge in [-0.2, -0.15) is 5.10 Å². The Hall–Kier alpha value is -2.83. The number of amides is 1. The third kappa shape index (κ3) is 6.08. The molecule has 3 aromatic carbocycles. The van der Waals surface area contributed by atoms with E-state index in [1.165, 1.54) is 6.21 Å². The quantitative estimate of drug-likeness (QED) is 0.320. The fourth-order valence-electron chi connectivity index (χ4n) is 2.65. The van der Waals surface area contributed by atoms with E-state index in [-0.39, 0.29) is 5.91 Å². The predicted molar refractivity (Wildman–Crippen MR) is 123 cm³/mol. The number of nitrogens with zero attached hydrogens (tertiary/aromatic N) is 1. The topological polar surface area (TPSA) is 59.9 Å². The molecule has 3 rings (SSSR count). The lowest BCUT2D eigenvalue weighted by Gasteiger charge is -2.14. The summed E-state index contributed by atoms with van der Waals surface area (Å²) in [5.41, 5.74) is 4.70. The van der Waals surface area contributed by atoms with Gasteiger partial charge in [0.25, 0.3) is 5.91 Å². The smallest absolute Gasteiger partial charge is 0.271 e. The fourth-order valence-corrected chi connectivity index (χ4v) is 3.33. The summed E-state index contributed by atoms with van der Waals surface area (Å²) >= 11 is 9.77. The van der Waals surface area contributed by atoms with Gasteiger partial charge < -0.3 is 9.47 Å². The van der Waals surface area contributed by atoms with Crippen molar-refractivity contribution in [2.75, 3.05) is 6.61 Å². The van der Waals surface area contributed by atoms with E-state index in [0.717, 1.165) is 10.0 Å². The van der Waals surface area contributed by atoms with Crippen LogP contribution < -0.4 is 14.9 Å². The molecule has 0 radical (unpaired) electrons. The number of hydrogen-bond donors (Lipinski definition) is 1. The molecule has 0 saturated carbocycles. The highest BCUT2D eigenvalue weighted by Crippen LogP contribution is 2.37. The van der Waals surface area contributed by atoms with Crippen molar-refractivity contribution in [2.24, 2.45) is 5.10 Å². The average molecular weight is 488 g/mol. The zero-order valence-electron chi connectivity index (χ0n) is 16.3. The predicted octanol–water partition coefficient (Wildman–Crippen LogP) is 5.84. The van der Waals surface area contributed by atoms with E-state index in [1.807, 2.05) is 43.3 Å².